The van der Waals surface area contributed by atoms with Crippen molar-refractivity contribution in [1.82, 2.24) is 10.2 Å². The maximum Gasteiger partial charge on any atom is 0.387 e. The number of benzene rings is 2. The van der Waals surface area contributed by atoms with Gasteiger partial charge in [-0.3, -0.25) is 14.5 Å². The molecule has 2 N–H and O–H groups in total. The molecule has 0 aromatic heterocycles. The summed E-state index contributed by atoms with van der Waals surface area (Å²) in [4.78, 5) is 38.4. The number of ether oxygens (including phenoxy) is 2. The van der Waals surface area contributed by atoms with Crippen LogP contribution in [-0.2, 0) is 15.1 Å². The molecule has 1 saturated heterocycles. The van der Waals surface area contributed by atoms with E-state index in [1.807, 2.05) is 0 Å². The molecule has 8 nitrogen and oxygen atoms in total. The van der Waals surface area contributed by atoms with Crippen LogP contribution in [0.3, 0.4) is 0 Å². The highest BCUT2D eigenvalue weighted by molar-refractivity contribution is 6.32. The number of hydrogen-bond acceptors (Lipinski definition) is 5. The van der Waals surface area contributed by atoms with Gasteiger partial charge in [0.15, 0.2) is 0 Å². The van der Waals surface area contributed by atoms with Crippen LogP contribution >= 0.6 is 11.6 Å². The molecule has 0 spiro atoms. The predicted molar refractivity (Wildman–Crippen MR) is 107 cm³/mol. The smallest absolute Gasteiger partial charge is 0.387 e. The second-order valence-electron chi connectivity index (χ2n) is 6.75. The zero-order valence-corrected chi connectivity index (χ0v) is 17.2. The van der Waals surface area contributed by atoms with Crippen molar-refractivity contribution in [3.8, 4) is 11.5 Å². The van der Waals surface area contributed by atoms with Crippen molar-refractivity contribution in [3.05, 3.63) is 53.1 Å². The number of amides is 4. The average Bonchev–Trinajstić information content (AvgIpc) is 2.92. The van der Waals surface area contributed by atoms with Crippen molar-refractivity contribution in [2.75, 3.05) is 19.0 Å². The van der Waals surface area contributed by atoms with Crippen LogP contribution in [0.4, 0.5) is 19.3 Å². The molecule has 0 unspecified atom stereocenters. The summed E-state index contributed by atoms with van der Waals surface area (Å²) < 4.78 is 33.9. The van der Waals surface area contributed by atoms with E-state index in [0.29, 0.717) is 17.0 Å². The van der Waals surface area contributed by atoms with Crippen LogP contribution < -0.4 is 20.1 Å². The fourth-order valence-corrected chi connectivity index (χ4v) is 3.35. The lowest BCUT2D eigenvalue weighted by molar-refractivity contribution is -0.133. The van der Waals surface area contributed by atoms with Gasteiger partial charge < -0.3 is 20.1 Å². The first-order valence-corrected chi connectivity index (χ1v) is 9.34. The molecule has 2 aromatic rings. The summed E-state index contributed by atoms with van der Waals surface area (Å²) in [7, 11) is 1.45. The number of imide groups is 1. The van der Waals surface area contributed by atoms with Crippen molar-refractivity contribution >= 4 is 35.1 Å². The Balaban J connectivity index is 1.70. The van der Waals surface area contributed by atoms with E-state index < -0.39 is 36.5 Å². The number of rotatable bonds is 7. The zero-order chi connectivity index (χ0) is 22.8. The fourth-order valence-electron chi connectivity index (χ4n) is 3.09. The molecule has 1 aliphatic heterocycles. The molecule has 0 radical (unpaired) electrons. The van der Waals surface area contributed by atoms with E-state index >= 15 is 0 Å². The summed E-state index contributed by atoms with van der Waals surface area (Å²) in [5.74, 6) is -0.944. The van der Waals surface area contributed by atoms with Gasteiger partial charge in [-0.25, -0.2) is 4.79 Å². The van der Waals surface area contributed by atoms with Crippen LogP contribution in [0, 0.1) is 0 Å². The summed E-state index contributed by atoms with van der Waals surface area (Å²) in [5, 5.41) is 5.37. The third kappa shape index (κ3) is 4.69. The third-order valence-corrected chi connectivity index (χ3v) is 4.96. The van der Waals surface area contributed by atoms with Crippen LogP contribution in [0.5, 0.6) is 11.5 Å². The van der Waals surface area contributed by atoms with E-state index in [1.165, 1.54) is 44.4 Å². The van der Waals surface area contributed by atoms with Gasteiger partial charge in [-0.2, -0.15) is 8.78 Å². The molecule has 1 aliphatic rings. The van der Waals surface area contributed by atoms with Crippen molar-refractivity contribution in [2.45, 2.75) is 19.1 Å². The number of carbonyl (C=O) groups is 3. The Morgan fingerprint density at radius 1 is 1.23 bits per heavy atom. The fraction of sp³-hybridized carbons (Fsp3) is 0.250. The van der Waals surface area contributed by atoms with Gasteiger partial charge in [0.05, 0.1) is 12.1 Å². The molecule has 1 fully saturated rings. The molecule has 0 bridgehead atoms. The van der Waals surface area contributed by atoms with Crippen molar-refractivity contribution in [1.29, 1.82) is 0 Å². The van der Waals surface area contributed by atoms with Crippen LogP contribution in [0.25, 0.3) is 0 Å². The highest BCUT2D eigenvalue weighted by Crippen LogP contribution is 2.31. The van der Waals surface area contributed by atoms with Gasteiger partial charge in [-0.15, -0.1) is 0 Å². The van der Waals surface area contributed by atoms with E-state index in [4.69, 9.17) is 16.3 Å². The number of halogens is 3. The van der Waals surface area contributed by atoms with Crippen LogP contribution in [0.15, 0.2) is 42.5 Å². The molecule has 0 aliphatic carbocycles. The standard InChI is InChI=1S/C20H18ClF2N3O5/c1-20(11-3-6-13(7-4-11)31-18(22)23)17(28)26(19(29)25-20)10-16(27)24-12-5-8-15(30-2)14(21)9-12/h3-9,18H,10H2,1-2H3,(H,24,27)(H,25,29)/t20-/m1/s1. The molecule has 164 valence electrons. The van der Waals surface area contributed by atoms with Crippen LogP contribution in [0.1, 0.15) is 12.5 Å². The van der Waals surface area contributed by atoms with Gasteiger partial charge in [0, 0.05) is 5.69 Å². The number of anilines is 1. The Morgan fingerprint density at radius 3 is 2.48 bits per heavy atom. The summed E-state index contributed by atoms with van der Waals surface area (Å²) >= 11 is 6.02. The topological polar surface area (TPSA) is 97.0 Å². The van der Waals surface area contributed by atoms with Crippen molar-refractivity contribution in [2.24, 2.45) is 0 Å². The quantitative estimate of drug-likeness (QED) is 0.627. The summed E-state index contributed by atoms with van der Waals surface area (Å²) in [5.41, 5.74) is -0.762. The molecular weight excluding hydrogens is 436 g/mol. The molecule has 31 heavy (non-hydrogen) atoms. The van der Waals surface area contributed by atoms with E-state index in [9.17, 15) is 23.2 Å². The number of hydrogen-bond donors (Lipinski definition) is 2. The highest BCUT2D eigenvalue weighted by atomic mass is 35.5. The Labute approximate surface area is 181 Å². The Kier molecular flexibility index (Phi) is 6.30. The van der Waals surface area contributed by atoms with Crippen molar-refractivity contribution < 1.29 is 32.6 Å². The number of alkyl halides is 2. The molecule has 4 amide bonds. The highest BCUT2D eigenvalue weighted by Gasteiger charge is 2.49. The van der Waals surface area contributed by atoms with Crippen molar-refractivity contribution in [3.63, 3.8) is 0 Å². The lowest BCUT2D eigenvalue weighted by atomic mass is 9.92. The van der Waals surface area contributed by atoms with E-state index in [2.05, 4.69) is 15.4 Å². The summed E-state index contributed by atoms with van der Waals surface area (Å²) in [6.45, 7) is -2.06. The summed E-state index contributed by atoms with van der Waals surface area (Å²) in [6.07, 6.45) is 0. The SMILES string of the molecule is COc1ccc(NC(=O)CN2C(=O)N[C@](C)(c3ccc(OC(F)F)cc3)C2=O)cc1Cl. The Morgan fingerprint density at radius 2 is 1.90 bits per heavy atom. The molecule has 3 rings (SSSR count). The van der Waals surface area contributed by atoms with E-state index in [0.717, 1.165) is 4.90 Å². The van der Waals surface area contributed by atoms with E-state index in [-0.39, 0.29) is 10.8 Å². The maximum atomic E-state index is 12.9. The van der Waals surface area contributed by atoms with Gasteiger partial charge in [-0.1, -0.05) is 23.7 Å². The maximum absolute atomic E-state index is 12.9. The third-order valence-electron chi connectivity index (χ3n) is 4.67. The molecule has 1 heterocycles. The first kappa shape index (κ1) is 22.3. The molecular formula is C20H18ClF2N3O5. The Bertz CT molecular complexity index is 1020. The Hall–Kier alpha value is -3.40. The second-order valence-corrected chi connectivity index (χ2v) is 7.15. The lowest BCUT2D eigenvalue weighted by Crippen LogP contribution is -2.42. The number of urea groups is 1. The first-order chi connectivity index (χ1) is 14.6. The van der Waals surface area contributed by atoms with Gasteiger partial charge in [0.1, 0.15) is 23.6 Å². The van der Waals surface area contributed by atoms with Gasteiger partial charge in [-0.05, 0) is 42.8 Å². The van der Waals surface area contributed by atoms with E-state index in [1.54, 1.807) is 12.1 Å². The molecule has 0 saturated carbocycles. The molecule has 11 heteroatoms. The molecule has 1 atom stereocenters. The number of carbonyl (C=O) groups excluding carboxylic acids is 3. The molecule has 2 aromatic carbocycles. The van der Waals surface area contributed by atoms with Crippen LogP contribution in [-0.4, -0.2) is 43.0 Å². The number of methoxy groups -OCH3 is 1. The summed E-state index contributed by atoms with van der Waals surface area (Å²) in [6, 6.07) is 9.12. The van der Waals surface area contributed by atoms with Crippen LogP contribution in [0.2, 0.25) is 5.02 Å². The first-order valence-electron chi connectivity index (χ1n) is 8.97. The van der Waals surface area contributed by atoms with Gasteiger partial charge in [0.25, 0.3) is 5.91 Å². The zero-order valence-electron chi connectivity index (χ0n) is 16.4. The minimum Gasteiger partial charge on any atom is -0.495 e. The largest absolute Gasteiger partial charge is 0.495 e. The lowest BCUT2D eigenvalue weighted by Gasteiger charge is -2.22. The normalized spacial score (nSPS) is 18.2. The average molecular weight is 454 g/mol. The monoisotopic (exact) mass is 453 g/mol. The van der Waals surface area contributed by atoms with Gasteiger partial charge in [0.2, 0.25) is 5.91 Å². The number of nitrogens with zero attached hydrogens (tertiary/aromatic N) is 1. The number of nitrogens with one attached hydrogen (secondary N) is 2. The minimum absolute atomic E-state index is 0.0893. The predicted octanol–water partition coefficient (Wildman–Crippen LogP) is 3.36. The minimum atomic E-state index is -2.98. The van der Waals surface area contributed by atoms with Gasteiger partial charge >= 0.3 is 12.6 Å². The second kappa shape index (κ2) is 8.76.